The van der Waals surface area contributed by atoms with Crippen molar-refractivity contribution in [2.24, 2.45) is 11.8 Å². The Labute approximate surface area is 128 Å². The number of hydrogen-bond acceptors (Lipinski definition) is 3. The van der Waals surface area contributed by atoms with Crippen LogP contribution in [0.1, 0.15) is 69.7 Å². The standard InChI is InChI=1S/C17H30N2S/c1-13-6-5-7-14(10-13)8-9-18-11-15-12-19-16(20-15)17(2,3)4/h12-14,18H,5-11H2,1-4H3. The molecule has 0 saturated heterocycles. The molecule has 114 valence electrons. The lowest BCUT2D eigenvalue weighted by molar-refractivity contribution is 0.267. The van der Waals surface area contributed by atoms with Crippen molar-refractivity contribution in [3.05, 3.63) is 16.1 Å². The molecule has 2 atom stereocenters. The molecular weight excluding hydrogens is 264 g/mol. The summed E-state index contributed by atoms with van der Waals surface area (Å²) >= 11 is 1.85. The zero-order valence-corrected chi connectivity index (χ0v) is 14.4. The zero-order valence-electron chi connectivity index (χ0n) is 13.5. The normalized spacial score (nSPS) is 24.0. The van der Waals surface area contributed by atoms with Crippen LogP contribution in [0.5, 0.6) is 0 Å². The summed E-state index contributed by atoms with van der Waals surface area (Å²) in [5, 5.41) is 4.84. The summed E-state index contributed by atoms with van der Waals surface area (Å²) in [5.74, 6) is 1.91. The van der Waals surface area contributed by atoms with Crippen molar-refractivity contribution in [1.82, 2.24) is 10.3 Å². The summed E-state index contributed by atoms with van der Waals surface area (Å²) in [4.78, 5) is 5.91. The Kier molecular flexibility index (Phi) is 5.62. The molecule has 1 aliphatic carbocycles. The summed E-state index contributed by atoms with van der Waals surface area (Å²) in [6, 6.07) is 0. The second-order valence-corrected chi connectivity index (χ2v) is 8.60. The molecule has 1 aromatic rings. The average molecular weight is 295 g/mol. The molecule has 1 saturated carbocycles. The van der Waals surface area contributed by atoms with Gasteiger partial charge in [0, 0.05) is 23.0 Å². The van der Waals surface area contributed by atoms with Gasteiger partial charge < -0.3 is 5.32 Å². The third kappa shape index (κ3) is 4.85. The zero-order chi connectivity index (χ0) is 14.6. The molecule has 2 rings (SSSR count). The number of thiazole rings is 1. The predicted molar refractivity (Wildman–Crippen MR) is 88.3 cm³/mol. The minimum absolute atomic E-state index is 0.182. The van der Waals surface area contributed by atoms with E-state index in [4.69, 9.17) is 0 Å². The Hall–Kier alpha value is -0.410. The van der Waals surface area contributed by atoms with Crippen molar-refractivity contribution in [2.75, 3.05) is 6.54 Å². The Balaban J connectivity index is 1.67. The van der Waals surface area contributed by atoms with Crippen molar-refractivity contribution < 1.29 is 0 Å². The third-order valence-electron chi connectivity index (χ3n) is 4.27. The van der Waals surface area contributed by atoms with Crippen molar-refractivity contribution >= 4 is 11.3 Å². The predicted octanol–water partition coefficient (Wildman–Crippen LogP) is 4.75. The number of aromatic nitrogens is 1. The van der Waals surface area contributed by atoms with Gasteiger partial charge in [0.15, 0.2) is 0 Å². The van der Waals surface area contributed by atoms with Crippen molar-refractivity contribution in [3.63, 3.8) is 0 Å². The van der Waals surface area contributed by atoms with Gasteiger partial charge in [-0.2, -0.15) is 0 Å². The highest BCUT2D eigenvalue weighted by atomic mass is 32.1. The summed E-state index contributed by atoms with van der Waals surface area (Å²) in [5.41, 5.74) is 0.182. The van der Waals surface area contributed by atoms with Crippen molar-refractivity contribution in [1.29, 1.82) is 0 Å². The fourth-order valence-corrected chi connectivity index (χ4v) is 4.02. The van der Waals surface area contributed by atoms with Crippen LogP contribution in [0.2, 0.25) is 0 Å². The van der Waals surface area contributed by atoms with E-state index in [-0.39, 0.29) is 5.41 Å². The third-order valence-corrected chi connectivity index (χ3v) is 5.69. The number of rotatable bonds is 5. The van der Waals surface area contributed by atoms with Gasteiger partial charge in [0.1, 0.15) is 0 Å². The van der Waals surface area contributed by atoms with E-state index in [2.05, 4.69) is 38.0 Å². The molecule has 0 spiro atoms. The SMILES string of the molecule is CC1CCCC(CCNCc2cnc(C(C)(C)C)s2)C1. The summed E-state index contributed by atoms with van der Waals surface area (Å²) < 4.78 is 0. The molecular formula is C17H30N2S. The minimum Gasteiger partial charge on any atom is -0.312 e. The van der Waals surface area contributed by atoms with Gasteiger partial charge in [0.2, 0.25) is 0 Å². The molecule has 1 aliphatic rings. The lowest BCUT2D eigenvalue weighted by Gasteiger charge is -2.26. The maximum atomic E-state index is 4.54. The van der Waals surface area contributed by atoms with E-state index in [0.717, 1.165) is 24.9 Å². The van der Waals surface area contributed by atoms with Gasteiger partial charge in [0.25, 0.3) is 0 Å². The molecule has 2 unspecified atom stereocenters. The van der Waals surface area contributed by atoms with Crippen molar-refractivity contribution in [2.45, 2.75) is 71.8 Å². The van der Waals surface area contributed by atoms with E-state index < -0.39 is 0 Å². The first-order valence-corrected chi connectivity index (χ1v) is 8.92. The largest absolute Gasteiger partial charge is 0.312 e. The summed E-state index contributed by atoms with van der Waals surface area (Å²) in [6.45, 7) is 11.2. The van der Waals surface area contributed by atoms with Crippen LogP contribution in [0.15, 0.2) is 6.20 Å². The first-order chi connectivity index (χ1) is 9.45. The lowest BCUT2D eigenvalue weighted by Crippen LogP contribution is -2.20. The van der Waals surface area contributed by atoms with E-state index in [9.17, 15) is 0 Å². The molecule has 0 radical (unpaired) electrons. The minimum atomic E-state index is 0.182. The molecule has 1 N–H and O–H groups in total. The van der Waals surface area contributed by atoms with E-state index >= 15 is 0 Å². The van der Waals surface area contributed by atoms with Crippen LogP contribution in [0.3, 0.4) is 0 Å². The molecule has 2 nitrogen and oxygen atoms in total. The van der Waals surface area contributed by atoms with Crippen LogP contribution in [0.4, 0.5) is 0 Å². The molecule has 1 aromatic heterocycles. The summed E-state index contributed by atoms with van der Waals surface area (Å²) in [7, 11) is 0. The van der Waals surface area contributed by atoms with Crippen molar-refractivity contribution in [3.8, 4) is 0 Å². The van der Waals surface area contributed by atoms with Gasteiger partial charge in [-0.05, 0) is 31.2 Å². The summed E-state index contributed by atoms with van der Waals surface area (Å²) in [6.07, 6.45) is 9.16. The Morgan fingerprint density at radius 2 is 2.15 bits per heavy atom. The molecule has 0 amide bonds. The highest BCUT2D eigenvalue weighted by Crippen LogP contribution is 2.30. The van der Waals surface area contributed by atoms with Gasteiger partial charge in [0.05, 0.1) is 5.01 Å². The highest BCUT2D eigenvalue weighted by molar-refractivity contribution is 7.11. The van der Waals surface area contributed by atoms with Gasteiger partial charge >= 0.3 is 0 Å². The van der Waals surface area contributed by atoms with E-state index in [1.807, 2.05) is 17.5 Å². The molecule has 3 heteroatoms. The quantitative estimate of drug-likeness (QED) is 0.793. The Morgan fingerprint density at radius 3 is 2.80 bits per heavy atom. The second kappa shape index (κ2) is 7.04. The van der Waals surface area contributed by atoms with Gasteiger partial charge in [-0.15, -0.1) is 11.3 Å². The van der Waals surface area contributed by atoms with Crippen LogP contribution >= 0.6 is 11.3 Å². The fraction of sp³-hybridized carbons (Fsp3) is 0.824. The number of nitrogens with one attached hydrogen (secondary N) is 1. The van der Waals surface area contributed by atoms with Gasteiger partial charge in [-0.25, -0.2) is 4.98 Å². The number of hydrogen-bond donors (Lipinski definition) is 1. The van der Waals surface area contributed by atoms with Gasteiger partial charge in [-0.3, -0.25) is 0 Å². The maximum Gasteiger partial charge on any atom is 0.0981 e. The lowest BCUT2D eigenvalue weighted by atomic mass is 9.81. The van der Waals surface area contributed by atoms with E-state index in [1.54, 1.807) is 0 Å². The first kappa shape index (κ1) is 16.0. The molecule has 1 heterocycles. The smallest absolute Gasteiger partial charge is 0.0981 e. The van der Waals surface area contributed by atoms with Crippen LogP contribution < -0.4 is 5.32 Å². The average Bonchev–Trinajstić information content (AvgIpc) is 2.83. The Morgan fingerprint density at radius 1 is 1.35 bits per heavy atom. The Bertz CT molecular complexity index is 405. The maximum absolute atomic E-state index is 4.54. The molecule has 0 aliphatic heterocycles. The van der Waals surface area contributed by atoms with Crippen LogP contribution in [0, 0.1) is 11.8 Å². The van der Waals surface area contributed by atoms with Crippen LogP contribution in [0.25, 0.3) is 0 Å². The number of nitrogens with zero attached hydrogens (tertiary/aromatic N) is 1. The van der Waals surface area contributed by atoms with Crippen LogP contribution in [-0.4, -0.2) is 11.5 Å². The first-order valence-electron chi connectivity index (χ1n) is 8.11. The topological polar surface area (TPSA) is 24.9 Å². The molecule has 20 heavy (non-hydrogen) atoms. The van der Waals surface area contributed by atoms with Gasteiger partial charge in [-0.1, -0.05) is 47.0 Å². The molecule has 0 bridgehead atoms. The highest BCUT2D eigenvalue weighted by Gasteiger charge is 2.19. The second-order valence-electron chi connectivity index (χ2n) is 7.48. The monoisotopic (exact) mass is 294 g/mol. The molecule has 0 aromatic carbocycles. The van der Waals surface area contributed by atoms with E-state index in [0.29, 0.717) is 0 Å². The van der Waals surface area contributed by atoms with Crippen LogP contribution in [-0.2, 0) is 12.0 Å². The van der Waals surface area contributed by atoms with E-state index in [1.165, 1.54) is 42.0 Å². The molecule has 1 fully saturated rings. The fourth-order valence-electron chi connectivity index (χ4n) is 3.08.